The van der Waals surface area contributed by atoms with Crippen molar-refractivity contribution in [3.63, 3.8) is 0 Å². The maximum Gasteiger partial charge on any atom is 0.323 e. The van der Waals surface area contributed by atoms with E-state index in [2.05, 4.69) is 5.32 Å². The van der Waals surface area contributed by atoms with E-state index in [0.29, 0.717) is 12.1 Å². The van der Waals surface area contributed by atoms with Crippen LogP contribution in [0.15, 0.2) is 30.3 Å². The maximum atomic E-state index is 12.3. The summed E-state index contributed by atoms with van der Waals surface area (Å²) in [4.78, 5) is 11.1. The standard InChI is InChI=1S/C12H16N2O4S/c15-12(16)11-8-13-6-7-14(11)19(17,18)9-10-4-2-1-3-5-10/h1-5,11,13H,6-9H2,(H,15,16). The van der Waals surface area contributed by atoms with Crippen molar-refractivity contribution in [3.8, 4) is 0 Å². The zero-order chi connectivity index (χ0) is 13.9. The minimum Gasteiger partial charge on any atom is -0.480 e. The van der Waals surface area contributed by atoms with Crippen LogP contribution in [0.2, 0.25) is 0 Å². The van der Waals surface area contributed by atoms with E-state index in [-0.39, 0.29) is 18.8 Å². The van der Waals surface area contributed by atoms with Gasteiger partial charge in [-0.15, -0.1) is 0 Å². The van der Waals surface area contributed by atoms with Gasteiger partial charge in [-0.1, -0.05) is 30.3 Å². The van der Waals surface area contributed by atoms with E-state index in [0.717, 1.165) is 4.31 Å². The van der Waals surface area contributed by atoms with Gasteiger partial charge in [0.1, 0.15) is 6.04 Å². The molecule has 2 N–H and O–H groups in total. The van der Waals surface area contributed by atoms with E-state index in [9.17, 15) is 13.2 Å². The van der Waals surface area contributed by atoms with E-state index in [1.54, 1.807) is 30.3 Å². The van der Waals surface area contributed by atoms with E-state index in [4.69, 9.17) is 5.11 Å². The minimum atomic E-state index is -3.62. The quantitative estimate of drug-likeness (QED) is 0.804. The van der Waals surface area contributed by atoms with Crippen molar-refractivity contribution >= 4 is 16.0 Å². The molecular weight excluding hydrogens is 268 g/mol. The highest BCUT2D eigenvalue weighted by Gasteiger charge is 2.36. The average Bonchev–Trinajstić information content (AvgIpc) is 2.39. The van der Waals surface area contributed by atoms with Crippen molar-refractivity contribution < 1.29 is 18.3 Å². The van der Waals surface area contributed by atoms with Crippen LogP contribution in [0.25, 0.3) is 0 Å². The Morgan fingerprint density at radius 2 is 2.05 bits per heavy atom. The van der Waals surface area contributed by atoms with Crippen LogP contribution in [0.5, 0.6) is 0 Å². The van der Waals surface area contributed by atoms with Gasteiger partial charge in [-0.05, 0) is 5.56 Å². The van der Waals surface area contributed by atoms with Gasteiger partial charge in [0.05, 0.1) is 5.75 Å². The van der Waals surface area contributed by atoms with Crippen LogP contribution in [-0.4, -0.2) is 49.5 Å². The Hall–Kier alpha value is -1.44. The van der Waals surface area contributed by atoms with E-state index >= 15 is 0 Å². The summed E-state index contributed by atoms with van der Waals surface area (Å²) in [5.41, 5.74) is 0.658. The fourth-order valence-electron chi connectivity index (χ4n) is 2.10. The van der Waals surface area contributed by atoms with Gasteiger partial charge in [-0.3, -0.25) is 4.79 Å². The molecule has 6 nitrogen and oxygen atoms in total. The molecule has 0 bridgehead atoms. The van der Waals surface area contributed by atoms with Crippen LogP contribution in [-0.2, 0) is 20.6 Å². The number of aliphatic carboxylic acids is 1. The Balaban J connectivity index is 2.20. The average molecular weight is 284 g/mol. The third-order valence-electron chi connectivity index (χ3n) is 3.03. The smallest absolute Gasteiger partial charge is 0.323 e. The Bertz CT molecular complexity index is 544. The molecule has 0 spiro atoms. The molecule has 19 heavy (non-hydrogen) atoms. The fraction of sp³-hybridized carbons (Fsp3) is 0.417. The highest BCUT2D eigenvalue weighted by atomic mass is 32.2. The number of piperazine rings is 1. The monoisotopic (exact) mass is 284 g/mol. The molecule has 0 saturated carbocycles. The summed E-state index contributed by atoms with van der Waals surface area (Å²) in [5, 5.41) is 12.0. The molecule has 1 unspecified atom stereocenters. The zero-order valence-electron chi connectivity index (χ0n) is 10.3. The number of carbonyl (C=O) groups is 1. The lowest BCUT2D eigenvalue weighted by molar-refractivity contribution is -0.141. The zero-order valence-corrected chi connectivity index (χ0v) is 11.1. The second-order valence-electron chi connectivity index (χ2n) is 4.41. The lowest BCUT2D eigenvalue weighted by Gasteiger charge is -2.32. The molecule has 1 aliphatic rings. The van der Waals surface area contributed by atoms with Gasteiger partial charge < -0.3 is 10.4 Å². The van der Waals surface area contributed by atoms with E-state index in [1.165, 1.54) is 0 Å². The minimum absolute atomic E-state index is 0.142. The largest absolute Gasteiger partial charge is 0.480 e. The molecular formula is C12H16N2O4S. The Morgan fingerprint density at radius 1 is 1.37 bits per heavy atom. The molecule has 1 atom stereocenters. The number of sulfonamides is 1. The van der Waals surface area contributed by atoms with E-state index < -0.39 is 22.0 Å². The normalized spacial score (nSPS) is 21.2. The highest BCUT2D eigenvalue weighted by molar-refractivity contribution is 7.88. The molecule has 1 aliphatic heterocycles. The van der Waals surface area contributed by atoms with Gasteiger partial charge in [0.15, 0.2) is 0 Å². The number of nitrogens with zero attached hydrogens (tertiary/aromatic N) is 1. The second-order valence-corrected chi connectivity index (χ2v) is 6.33. The van der Waals surface area contributed by atoms with Crippen LogP contribution in [0.1, 0.15) is 5.56 Å². The summed E-state index contributed by atoms with van der Waals surface area (Å²) in [6, 6.07) is 7.74. The third-order valence-corrected chi connectivity index (χ3v) is 4.88. The maximum absolute atomic E-state index is 12.3. The Labute approximate surface area is 112 Å². The number of hydrogen-bond acceptors (Lipinski definition) is 4. The molecule has 1 aromatic carbocycles. The first-order valence-electron chi connectivity index (χ1n) is 5.98. The van der Waals surface area contributed by atoms with Crippen molar-refractivity contribution in [2.45, 2.75) is 11.8 Å². The Morgan fingerprint density at radius 3 is 2.68 bits per heavy atom. The van der Waals surface area contributed by atoms with E-state index in [1.807, 2.05) is 0 Å². The summed E-state index contributed by atoms with van der Waals surface area (Å²) < 4.78 is 25.7. The van der Waals surface area contributed by atoms with Crippen LogP contribution in [0, 0.1) is 0 Å². The predicted octanol–water partition coefficient (Wildman–Crippen LogP) is -0.125. The van der Waals surface area contributed by atoms with Crippen LogP contribution >= 0.6 is 0 Å². The van der Waals surface area contributed by atoms with Gasteiger partial charge in [0, 0.05) is 19.6 Å². The van der Waals surface area contributed by atoms with Crippen LogP contribution in [0.3, 0.4) is 0 Å². The molecule has 0 radical (unpaired) electrons. The van der Waals surface area contributed by atoms with Gasteiger partial charge >= 0.3 is 5.97 Å². The van der Waals surface area contributed by atoms with Gasteiger partial charge in [0.2, 0.25) is 10.0 Å². The molecule has 1 heterocycles. The molecule has 7 heteroatoms. The molecule has 1 saturated heterocycles. The van der Waals surface area contributed by atoms with Crippen molar-refractivity contribution in [3.05, 3.63) is 35.9 Å². The molecule has 104 valence electrons. The highest BCUT2D eigenvalue weighted by Crippen LogP contribution is 2.15. The van der Waals surface area contributed by atoms with Gasteiger partial charge in [0.25, 0.3) is 0 Å². The topological polar surface area (TPSA) is 86.7 Å². The number of hydrogen-bond donors (Lipinski definition) is 2. The first kappa shape index (κ1) is 14.0. The van der Waals surface area contributed by atoms with Crippen LogP contribution < -0.4 is 5.32 Å². The van der Waals surface area contributed by atoms with Crippen LogP contribution in [0.4, 0.5) is 0 Å². The molecule has 0 amide bonds. The number of nitrogens with one attached hydrogen (secondary N) is 1. The molecule has 1 fully saturated rings. The summed E-state index contributed by atoms with van der Waals surface area (Å²) >= 11 is 0. The Kier molecular flexibility index (Phi) is 4.18. The van der Waals surface area contributed by atoms with Crippen molar-refractivity contribution in [1.29, 1.82) is 0 Å². The molecule has 2 rings (SSSR count). The number of rotatable bonds is 4. The molecule has 0 aromatic heterocycles. The lowest BCUT2D eigenvalue weighted by Crippen LogP contribution is -2.57. The number of benzene rings is 1. The first-order valence-corrected chi connectivity index (χ1v) is 7.58. The van der Waals surface area contributed by atoms with Crippen molar-refractivity contribution in [2.75, 3.05) is 19.6 Å². The SMILES string of the molecule is O=C(O)C1CNCCN1S(=O)(=O)Cc1ccccc1. The van der Waals surface area contributed by atoms with Crippen molar-refractivity contribution in [1.82, 2.24) is 9.62 Å². The summed E-state index contributed by atoms with van der Waals surface area (Å²) in [6.07, 6.45) is 0. The number of carboxylic acids is 1. The molecule has 1 aromatic rings. The lowest BCUT2D eigenvalue weighted by atomic mass is 10.2. The summed E-state index contributed by atoms with van der Waals surface area (Å²) in [5.74, 6) is -1.29. The fourth-order valence-corrected chi connectivity index (χ4v) is 3.80. The predicted molar refractivity (Wildman–Crippen MR) is 70.1 cm³/mol. The summed E-state index contributed by atoms with van der Waals surface area (Å²) in [6.45, 7) is 0.799. The number of carboxylic acid groups (broad SMARTS) is 1. The van der Waals surface area contributed by atoms with Crippen molar-refractivity contribution in [2.24, 2.45) is 0 Å². The molecule has 0 aliphatic carbocycles. The first-order chi connectivity index (χ1) is 9.00. The summed E-state index contributed by atoms with van der Waals surface area (Å²) in [7, 11) is -3.62. The van der Waals surface area contributed by atoms with Gasteiger partial charge in [-0.25, -0.2) is 8.42 Å². The third kappa shape index (κ3) is 3.31. The second kappa shape index (κ2) is 5.68. The van der Waals surface area contributed by atoms with Gasteiger partial charge in [-0.2, -0.15) is 4.31 Å².